The topological polar surface area (TPSA) is 91.8 Å². The number of nitriles is 1. The van der Waals surface area contributed by atoms with Crippen LogP contribution in [0, 0.1) is 11.3 Å². The minimum absolute atomic E-state index is 0.230. The Balaban J connectivity index is 2.26. The number of hydrogen-bond acceptors (Lipinski definition) is 6. The largest absolute Gasteiger partial charge is 0.465 e. The lowest BCUT2D eigenvalue weighted by Gasteiger charge is -1.91. The van der Waals surface area contributed by atoms with Crippen LogP contribution < -0.4 is 5.32 Å². The maximum Gasteiger partial charge on any atom is 0.223 e. The van der Waals surface area contributed by atoms with Crippen molar-refractivity contribution in [1.29, 1.82) is 5.26 Å². The van der Waals surface area contributed by atoms with Gasteiger partial charge in [-0.05, 0) is 12.1 Å². The molecule has 90 valence electrons. The Morgan fingerprint density at radius 1 is 1.61 bits per heavy atom. The number of allylic oxidation sites excluding steroid dienone is 1. The highest BCUT2D eigenvalue weighted by molar-refractivity contribution is 7.16. The second-order valence-corrected chi connectivity index (χ2v) is 4.26. The van der Waals surface area contributed by atoms with Gasteiger partial charge in [0.1, 0.15) is 11.8 Å². The second-order valence-electron chi connectivity index (χ2n) is 3.28. The van der Waals surface area contributed by atoms with Gasteiger partial charge in [-0.25, -0.2) is 0 Å². The Kier molecular flexibility index (Phi) is 3.50. The van der Waals surface area contributed by atoms with Crippen LogP contribution in [-0.2, 0) is 4.79 Å². The van der Waals surface area contributed by atoms with E-state index in [2.05, 4.69) is 15.5 Å². The highest BCUT2D eigenvalue weighted by Crippen LogP contribution is 2.24. The lowest BCUT2D eigenvalue weighted by atomic mass is 10.2. The molecule has 0 spiro atoms. The average Bonchev–Trinajstić information content (AvgIpc) is 2.96. The Labute approximate surface area is 107 Å². The van der Waals surface area contributed by atoms with E-state index in [9.17, 15) is 4.79 Å². The molecule has 0 aromatic carbocycles. The molecule has 0 aliphatic heterocycles. The second kappa shape index (κ2) is 5.25. The number of nitrogens with zero attached hydrogens (tertiary/aromatic N) is 3. The number of aromatic nitrogens is 2. The molecule has 18 heavy (non-hydrogen) atoms. The van der Waals surface area contributed by atoms with Gasteiger partial charge >= 0.3 is 0 Å². The van der Waals surface area contributed by atoms with E-state index in [4.69, 9.17) is 9.68 Å². The lowest BCUT2D eigenvalue weighted by Crippen LogP contribution is -2.04. The van der Waals surface area contributed by atoms with E-state index in [1.165, 1.54) is 13.2 Å². The summed E-state index contributed by atoms with van der Waals surface area (Å²) in [6, 6.07) is 5.47. The Morgan fingerprint density at radius 3 is 3.06 bits per heavy atom. The van der Waals surface area contributed by atoms with E-state index in [1.54, 1.807) is 18.2 Å². The standard InChI is InChI=1S/C11H8N4O2S/c1-7(16)13-11-15-14-10(18-11)8(6-12)5-9-3-2-4-17-9/h2-5H,1H3,(H,13,15,16)/b8-5+. The normalized spacial score (nSPS) is 11.0. The zero-order valence-electron chi connectivity index (χ0n) is 9.38. The molecule has 0 aliphatic carbocycles. The molecule has 2 aromatic rings. The summed E-state index contributed by atoms with van der Waals surface area (Å²) >= 11 is 1.13. The van der Waals surface area contributed by atoms with Crippen molar-refractivity contribution in [3.8, 4) is 6.07 Å². The number of rotatable bonds is 3. The summed E-state index contributed by atoms with van der Waals surface area (Å²) in [5, 5.41) is 20.0. The molecule has 2 rings (SSSR count). The predicted octanol–water partition coefficient (Wildman–Crippen LogP) is 2.15. The van der Waals surface area contributed by atoms with Gasteiger partial charge in [0.05, 0.1) is 11.8 Å². The van der Waals surface area contributed by atoms with Gasteiger partial charge in [-0.1, -0.05) is 11.3 Å². The van der Waals surface area contributed by atoms with Crippen LogP contribution in [0.25, 0.3) is 11.6 Å². The number of nitrogens with one attached hydrogen (secondary N) is 1. The average molecular weight is 260 g/mol. The van der Waals surface area contributed by atoms with E-state index in [-0.39, 0.29) is 5.91 Å². The molecule has 0 saturated heterocycles. The molecule has 7 heteroatoms. The van der Waals surface area contributed by atoms with Crippen molar-refractivity contribution in [3.05, 3.63) is 29.2 Å². The number of furan rings is 1. The number of carbonyl (C=O) groups is 1. The van der Waals surface area contributed by atoms with Gasteiger partial charge in [0.15, 0.2) is 5.01 Å². The van der Waals surface area contributed by atoms with Gasteiger partial charge < -0.3 is 9.73 Å². The van der Waals surface area contributed by atoms with Crippen molar-refractivity contribution < 1.29 is 9.21 Å². The molecule has 0 aliphatic rings. The maximum absolute atomic E-state index is 10.9. The van der Waals surface area contributed by atoms with Gasteiger partial charge in [0, 0.05) is 13.0 Å². The molecule has 0 unspecified atom stereocenters. The summed E-state index contributed by atoms with van der Waals surface area (Å²) in [6.45, 7) is 1.38. The molecule has 0 radical (unpaired) electrons. The highest BCUT2D eigenvalue weighted by atomic mass is 32.1. The van der Waals surface area contributed by atoms with Crippen LogP contribution in [0.3, 0.4) is 0 Å². The maximum atomic E-state index is 10.9. The van der Waals surface area contributed by atoms with Crippen molar-refractivity contribution in [2.45, 2.75) is 6.92 Å². The molecule has 2 aromatic heterocycles. The number of anilines is 1. The molecule has 1 amide bonds. The van der Waals surface area contributed by atoms with Crippen LogP contribution in [-0.4, -0.2) is 16.1 Å². The molecule has 0 bridgehead atoms. The minimum Gasteiger partial charge on any atom is -0.465 e. The van der Waals surface area contributed by atoms with Crippen LogP contribution in [0.1, 0.15) is 17.7 Å². The molecule has 0 atom stereocenters. The summed E-state index contributed by atoms with van der Waals surface area (Å²) < 4.78 is 5.12. The summed E-state index contributed by atoms with van der Waals surface area (Å²) in [4.78, 5) is 10.9. The van der Waals surface area contributed by atoms with Crippen LogP contribution >= 0.6 is 11.3 Å². The Morgan fingerprint density at radius 2 is 2.44 bits per heavy atom. The zero-order chi connectivity index (χ0) is 13.0. The number of amides is 1. The zero-order valence-corrected chi connectivity index (χ0v) is 10.2. The fourth-order valence-corrected chi connectivity index (χ4v) is 1.95. The Bertz CT molecular complexity index is 622. The summed E-state index contributed by atoms with van der Waals surface area (Å²) in [6.07, 6.45) is 3.09. The fraction of sp³-hybridized carbons (Fsp3) is 0.0909. The molecular formula is C11H8N4O2S. The summed E-state index contributed by atoms with van der Waals surface area (Å²) in [7, 11) is 0. The molecule has 1 N–H and O–H groups in total. The number of carbonyl (C=O) groups excluding carboxylic acids is 1. The molecule has 2 heterocycles. The van der Waals surface area contributed by atoms with E-state index in [0.29, 0.717) is 21.5 Å². The van der Waals surface area contributed by atoms with Gasteiger partial charge in [-0.15, -0.1) is 10.2 Å². The van der Waals surface area contributed by atoms with Gasteiger partial charge in [-0.2, -0.15) is 5.26 Å². The quantitative estimate of drug-likeness (QED) is 0.853. The van der Waals surface area contributed by atoms with E-state index < -0.39 is 0 Å². The van der Waals surface area contributed by atoms with Gasteiger partial charge in [-0.3, -0.25) is 4.79 Å². The SMILES string of the molecule is CC(=O)Nc1nnc(/C(C#N)=C/c2ccco2)s1. The molecule has 0 saturated carbocycles. The van der Waals surface area contributed by atoms with Crippen LogP contribution in [0.15, 0.2) is 22.8 Å². The first kappa shape index (κ1) is 12.0. The third-order valence-corrected chi connectivity index (χ3v) is 2.76. The monoisotopic (exact) mass is 260 g/mol. The van der Waals surface area contributed by atoms with Crippen molar-refractivity contribution >= 4 is 34.0 Å². The third kappa shape index (κ3) is 2.81. The van der Waals surface area contributed by atoms with E-state index in [0.717, 1.165) is 11.3 Å². The smallest absolute Gasteiger partial charge is 0.223 e. The first-order valence-corrected chi connectivity index (χ1v) is 5.77. The lowest BCUT2D eigenvalue weighted by molar-refractivity contribution is -0.114. The van der Waals surface area contributed by atoms with Crippen molar-refractivity contribution in [1.82, 2.24) is 10.2 Å². The summed E-state index contributed by atoms with van der Waals surface area (Å²) in [5.41, 5.74) is 0.332. The Hall–Kier alpha value is -2.46. The highest BCUT2D eigenvalue weighted by Gasteiger charge is 2.10. The fourth-order valence-electron chi connectivity index (χ4n) is 1.19. The third-order valence-electron chi connectivity index (χ3n) is 1.89. The van der Waals surface area contributed by atoms with E-state index in [1.807, 2.05) is 6.07 Å². The number of hydrogen-bond donors (Lipinski definition) is 1. The van der Waals surface area contributed by atoms with Crippen molar-refractivity contribution in [2.24, 2.45) is 0 Å². The minimum atomic E-state index is -0.230. The van der Waals surface area contributed by atoms with Crippen molar-refractivity contribution in [2.75, 3.05) is 5.32 Å². The van der Waals surface area contributed by atoms with Gasteiger partial charge in [0.25, 0.3) is 0 Å². The van der Waals surface area contributed by atoms with Crippen molar-refractivity contribution in [3.63, 3.8) is 0 Å². The van der Waals surface area contributed by atoms with Crippen LogP contribution in [0.2, 0.25) is 0 Å². The van der Waals surface area contributed by atoms with Gasteiger partial charge in [0.2, 0.25) is 11.0 Å². The first-order valence-electron chi connectivity index (χ1n) is 4.96. The summed E-state index contributed by atoms with van der Waals surface area (Å²) in [5.74, 6) is 0.328. The molecule has 0 fully saturated rings. The van der Waals surface area contributed by atoms with Crippen LogP contribution in [0.5, 0.6) is 0 Å². The first-order chi connectivity index (χ1) is 8.69. The molecule has 6 nitrogen and oxygen atoms in total. The van der Waals surface area contributed by atoms with Crippen LogP contribution in [0.4, 0.5) is 5.13 Å². The predicted molar refractivity (Wildman–Crippen MR) is 66.4 cm³/mol. The molecular weight excluding hydrogens is 252 g/mol. The van der Waals surface area contributed by atoms with E-state index >= 15 is 0 Å².